The van der Waals surface area contributed by atoms with Crippen molar-refractivity contribution in [1.82, 2.24) is 5.32 Å². The number of phosphoric ester groups is 1. The molecule has 0 heterocycles. The SMILES string of the molecule is CCCCC/C=C\C/C=C\CCCCCCCCCCCCCCCC(=O)OCC(O)COP(=O)(O)OCC(NC(=O)CCCCCCCCCCCC)C(=O)O. The van der Waals surface area contributed by atoms with Crippen LogP contribution in [-0.4, -0.2) is 64.9 Å². The summed E-state index contributed by atoms with van der Waals surface area (Å²) >= 11 is 0. The predicted octanol–water partition coefficient (Wildman–Crippen LogP) is 11.8. The molecule has 1 amide bonds. The molecule has 0 rings (SSSR count). The van der Waals surface area contributed by atoms with Crippen LogP contribution >= 0.6 is 7.82 Å². The summed E-state index contributed by atoms with van der Waals surface area (Å²) in [5, 5.41) is 21.8. The van der Waals surface area contributed by atoms with Gasteiger partial charge in [-0.2, -0.15) is 0 Å². The molecule has 3 atom stereocenters. The third-order valence-electron chi connectivity index (χ3n) is 9.99. The summed E-state index contributed by atoms with van der Waals surface area (Å²) in [6.07, 6.45) is 42.2. The Kier molecular flexibility index (Phi) is 39.3. The van der Waals surface area contributed by atoms with Crippen molar-refractivity contribution in [3.8, 4) is 0 Å². The van der Waals surface area contributed by atoms with Gasteiger partial charge in [-0.05, 0) is 44.9 Å². The lowest BCUT2D eigenvalue weighted by molar-refractivity contribution is -0.147. The van der Waals surface area contributed by atoms with Crippen molar-refractivity contribution in [3.05, 3.63) is 24.3 Å². The number of carboxylic acid groups (broad SMARTS) is 1. The van der Waals surface area contributed by atoms with Gasteiger partial charge in [0.05, 0.1) is 13.2 Å². The normalized spacial score (nSPS) is 13.9. The number of carboxylic acids is 1. The molecule has 12 heteroatoms. The van der Waals surface area contributed by atoms with Gasteiger partial charge < -0.3 is 25.2 Å². The van der Waals surface area contributed by atoms with Gasteiger partial charge >= 0.3 is 19.8 Å². The lowest BCUT2D eigenvalue weighted by Crippen LogP contribution is -2.43. The number of rotatable bonds is 43. The van der Waals surface area contributed by atoms with Crippen molar-refractivity contribution in [1.29, 1.82) is 0 Å². The van der Waals surface area contributed by atoms with E-state index in [-0.39, 0.29) is 12.8 Å². The third-order valence-corrected chi connectivity index (χ3v) is 10.9. The second-order valence-electron chi connectivity index (χ2n) is 15.6. The number of carbonyl (C=O) groups is 3. The van der Waals surface area contributed by atoms with Crippen LogP contribution in [0, 0.1) is 0 Å². The zero-order valence-corrected chi connectivity index (χ0v) is 37.0. The van der Waals surface area contributed by atoms with E-state index in [1.165, 1.54) is 128 Å². The second kappa shape index (κ2) is 40.7. The van der Waals surface area contributed by atoms with Crippen molar-refractivity contribution in [2.45, 2.75) is 225 Å². The molecule has 0 aromatic rings. The fraction of sp³-hybridized carbons (Fsp3) is 0.844. The number of carbonyl (C=O) groups excluding carboxylic acids is 2. The second-order valence-corrected chi connectivity index (χ2v) is 17.0. The van der Waals surface area contributed by atoms with Gasteiger partial charge in [-0.25, -0.2) is 9.36 Å². The third kappa shape index (κ3) is 40.5. The monoisotopic (exact) mass is 830 g/mol. The molecule has 0 aromatic heterocycles. The zero-order valence-electron chi connectivity index (χ0n) is 36.2. The molecule has 0 saturated carbocycles. The van der Waals surface area contributed by atoms with Crippen LogP contribution in [0.5, 0.6) is 0 Å². The zero-order chi connectivity index (χ0) is 42.1. The van der Waals surface area contributed by atoms with E-state index >= 15 is 0 Å². The average Bonchev–Trinajstić information content (AvgIpc) is 3.18. The molecule has 0 spiro atoms. The molecule has 3 unspecified atom stereocenters. The Morgan fingerprint density at radius 3 is 1.46 bits per heavy atom. The first-order chi connectivity index (χ1) is 27.6. The quantitative estimate of drug-likeness (QED) is 0.0201. The lowest BCUT2D eigenvalue weighted by Gasteiger charge is -2.18. The van der Waals surface area contributed by atoms with E-state index in [0.29, 0.717) is 12.8 Å². The van der Waals surface area contributed by atoms with Gasteiger partial charge in [0.2, 0.25) is 5.91 Å². The highest BCUT2D eigenvalue weighted by atomic mass is 31.2. The molecule has 11 nitrogen and oxygen atoms in total. The summed E-state index contributed by atoms with van der Waals surface area (Å²) < 4.78 is 26.8. The van der Waals surface area contributed by atoms with Crippen molar-refractivity contribution in [3.63, 3.8) is 0 Å². The Hall–Kier alpha value is -2.04. The first-order valence-corrected chi connectivity index (χ1v) is 24.4. The molecule has 57 heavy (non-hydrogen) atoms. The van der Waals surface area contributed by atoms with Crippen LogP contribution in [0.3, 0.4) is 0 Å². The van der Waals surface area contributed by atoms with Gasteiger partial charge in [-0.1, -0.05) is 179 Å². The Balaban J connectivity index is 3.78. The Morgan fingerprint density at radius 1 is 0.561 bits per heavy atom. The maximum Gasteiger partial charge on any atom is 0.472 e. The molecule has 0 aliphatic heterocycles. The number of allylic oxidation sites excluding steroid dienone is 4. The van der Waals surface area contributed by atoms with Crippen LogP contribution < -0.4 is 5.32 Å². The number of phosphoric acid groups is 1. The summed E-state index contributed by atoms with van der Waals surface area (Å²) in [4.78, 5) is 45.8. The van der Waals surface area contributed by atoms with Crippen LogP contribution in [0.15, 0.2) is 24.3 Å². The Bertz CT molecular complexity index is 1070. The van der Waals surface area contributed by atoms with E-state index in [2.05, 4.69) is 43.5 Å². The molecule has 0 bridgehead atoms. The predicted molar refractivity (Wildman–Crippen MR) is 231 cm³/mol. The summed E-state index contributed by atoms with van der Waals surface area (Å²) in [5.41, 5.74) is 0. The topological polar surface area (TPSA) is 169 Å². The van der Waals surface area contributed by atoms with E-state index < -0.39 is 57.6 Å². The highest BCUT2D eigenvalue weighted by molar-refractivity contribution is 7.47. The number of hydrogen-bond donors (Lipinski definition) is 4. The van der Waals surface area contributed by atoms with Crippen molar-refractivity contribution < 1.29 is 47.8 Å². The fourth-order valence-corrected chi connectivity index (χ4v) is 7.18. The summed E-state index contributed by atoms with van der Waals surface area (Å²) in [6, 6.07) is -1.54. The van der Waals surface area contributed by atoms with E-state index in [4.69, 9.17) is 13.8 Å². The molecular weight excluding hydrogens is 745 g/mol. The van der Waals surface area contributed by atoms with Gasteiger partial charge in [-0.3, -0.25) is 18.6 Å². The number of aliphatic hydroxyl groups excluding tert-OH is 1. The van der Waals surface area contributed by atoms with Gasteiger partial charge in [-0.15, -0.1) is 0 Å². The minimum Gasteiger partial charge on any atom is -0.480 e. The van der Waals surface area contributed by atoms with Gasteiger partial charge in [0.1, 0.15) is 12.7 Å². The number of aliphatic carboxylic acids is 1. The van der Waals surface area contributed by atoms with E-state index in [9.17, 15) is 34.1 Å². The van der Waals surface area contributed by atoms with Crippen LogP contribution in [0.4, 0.5) is 0 Å². The van der Waals surface area contributed by atoms with E-state index in [1.54, 1.807) is 0 Å². The highest BCUT2D eigenvalue weighted by Crippen LogP contribution is 2.43. The van der Waals surface area contributed by atoms with Crippen LogP contribution in [0.25, 0.3) is 0 Å². The smallest absolute Gasteiger partial charge is 0.472 e. The maximum absolute atomic E-state index is 12.2. The molecule has 0 saturated heterocycles. The lowest BCUT2D eigenvalue weighted by atomic mass is 10.0. The average molecular weight is 830 g/mol. The van der Waals surface area contributed by atoms with E-state index in [1.807, 2.05) is 0 Å². The molecule has 0 fully saturated rings. The van der Waals surface area contributed by atoms with Crippen LogP contribution in [0.2, 0.25) is 0 Å². The number of hydrogen-bond acceptors (Lipinski definition) is 8. The number of aliphatic hydroxyl groups is 1. The standard InChI is InChI=1S/C45H84NO10P/c1-3-5-7-9-11-13-15-16-17-18-19-20-21-22-23-24-25-26-27-29-31-33-35-37-44(49)54-38-41(47)39-55-57(52,53)56-40-42(45(50)51)46-43(48)36-34-32-30-28-14-12-10-8-6-4-2/h11,13,16-17,41-42,47H,3-10,12,14-15,18-40H2,1-2H3,(H,46,48)(H,50,51)(H,52,53)/b13-11-,17-16-. The first kappa shape index (κ1) is 55.0. The minimum atomic E-state index is -4.75. The van der Waals surface area contributed by atoms with Crippen molar-refractivity contribution in [2.75, 3.05) is 19.8 Å². The first-order valence-electron chi connectivity index (χ1n) is 22.9. The highest BCUT2D eigenvalue weighted by Gasteiger charge is 2.28. The Morgan fingerprint density at radius 2 is 0.965 bits per heavy atom. The summed E-state index contributed by atoms with van der Waals surface area (Å²) in [7, 11) is -4.75. The number of unbranched alkanes of at least 4 members (excludes halogenated alkanes) is 25. The number of esters is 1. The van der Waals surface area contributed by atoms with Gasteiger partial charge in [0.15, 0.2) is 6.04 Å². The molecule has 0 radical (unpaired) electrons. The van der Waals surface area contributed by atoms with Gasteiger partial charge in [0, 0.05) is 12.8 Å². The van der Waals surface area contributed by atoms with Crippen LogP contribution in [0.1, 0.15) is 213 Å². The largest absolute Gasteiger partial charge is 0.480 e. The number of amides is 1. The van der Waals surface area contributed by atoms with Gasteiger partial charge in [0.25, 0.3) is 0 Å². The Labute approximate surface area is 347 Å². The molecular formula is C45H84NO10P. The number of nitrogens with one attached hydrogen (secondary N) is 1. The fourth-order valence-electron chi connectivity index (χ4n) is 6.40. The molecule has 0 aromatic carbocycles. The van der Waals surface area contributed by atoms with Crippen molar-refractivity contribution >= 4 is 25.7 Å². The molecule has 4 N–H and O–H groups in total. The van der Waals surface area contributed by atoms with Crippen molar-refractivity contribution in [2.24, 2.45) is 0 Å². The molecule has 334 valence electrons. The van der Waals surface area contributed by atoms with E-state index in [0.717, 1.165) is 44.9 Å². The maximum atomic E-state index is 12.2. The van der Waals surface area contributed by atoms with Crippen LogP contribution in [-0.2, 0) is 32.7 Å². The molecule has 0 aliphatic carbocycles. The summed E-state index contributed by atoms with van der Waals surface area (Å²) in [6.45, 7) is 2.56. The number of ether oxygens (including phenoxy) is 1. The minimum absolute atomic E-state index is 0.149. The summed E-state index contributed by atoms with van der Waals surface area (Å²) in [5.74, 6) is -2.37. The molecule has 0 aliphatic rings.